The highest BCUT2D eigenvalue weighted by atomic mass is 16.5. The van der Waals surface area contributed by atoms with E-state index in [-0.39, 0.29) is 6.61 Å². The van der Waals surface area contributed by atoms with Gasteiger partial charge in [-0.2, -0.15) is 0 Å². The van der Waals surface area contributed by atoms with Crippen LogP contribution >= 0.6 is 0 Å². The summed E-state index contributed by atoms with van der Waals surface area (Å²) in [5.41, 5.74) is 6.64. The van der Waals surface area contributed by atoms with Gasteiger partial charge in [0.2, 0.25) is 0 Å². The molecule has 3 aromatic carbocycles. The fraction of sp³-hybridized carbons (Fsp3) is 0.333. The van der Waals surface area contributed by atoms with Crippen molar-refractivity contribution in [3.05, 3.63) is 88.5 Å². The van der Waals surface area contributed by atoms with E-state index in [0.29, 0.717) is 19.4 Å². The second-order valence-corrected chi connectivity index (χ2v) is 7.96. The quantitative estimate of drug-likeness (QED) is 0.480. The van der Waals surface area contributed by atoms with Crippen molar-refractivity contribution in [3.8, 4) is 16.9 Å². The van der Waals surface area contributed by atoms with Gasteiger partial charge in [-0.3, -0.25) is 0 Å². The number of rotatable bonds is 8. The molecule has 0 heterocycles. The summed E-state index contributed by atoms with van der Waals surface area (Å²) in [6.07, 6.45) is 1.39. The lowest BCUT2D eigenvalue weighted by molar-refractivity contribution is 0.0283. The van der Waals surface area contributed by atoms with E-state index in [1.165, 1.54) is 0 Å². The van der Waals surface area contributed by atoms with Crippen molar-refractivity contribution in [1.82, 2.24) is 0 Å². The minimum atomic E-state index is -0.771. The van der Waals surface area contributed by atoms with E-state index in [1.807, 2.05) is 56.3 Å². The van der Waals surface area contributed by atoms with Crippen molar-refractivity contribution in [1.29, 1.82) is 0 Å². The van der Waals surface area contributed by atoms with Crippen LogP contribution in [0.4, 0.5) is 0 Å². The van der Waals surface area contributed by atoms with Crippen LogP contribution in [0.15, 0.2) is 60.7 Å². The van der Waals surface area contributed by atoms with Crippen LogP contribution in [-0.2, 0) is 18.8 Å². The zero-order valence-electron chi connectivity index (χ0n) is 18.4. The van der Waals surface area contributed by atoms with Crippen LogP contribution in [0.3, 0.4) is 0 Å². The van der Waals surface area contributed by atoms with Crippen molar-refractivity contribution < 1.29 is 14.9 Å². The maximum absolute atomic E-state index is 10.9. The number of benzene rings is 3. The van der Waals surface area contributed by atoms with Gasteiger partial charge in [0.1, 0.15) is 12.4 Å². The van der Waals surface area contributed by atoms with E-state index in [4.69, 9.17) is 4.74 Å². The first kappa shape index (κ1) is 22.1. The Balaban J connectivity index is 1.87. The van der Waals surface area contributed by atoms with E-state index >= 15 is 0 Å². The molecule has 0 spiro atoms. The summed E-state index contributed by atoms with van der Waals surface area (Å²) in [6, 6.07) is 20.2. The van der Waals surface area contributed by atoms with Crippen LogP contribution in [-0.4, -0.2) is 10.2 Å². The van der Waals surface area contributed by atoms with Crippen LogP contribution in [0.5, 0.6) is 5.75 Å². The number of aryl methyl sites for hydroxylation is 1. The molecule has 0 aromatic heterocycles. The average Bonchev–Trinajstić information content (AvgIpc) is 2.78. The summed E-state index contributed by atoms with van der Waals surface area (Å²) in [7, 11) is 0. The van der Waals surface area contributed by atoms with Crippen molar-refractivity contribution in [2.24, 2.45) is 0 Å². The predicted molar refractivity (Wildman–Crippen MR) is 123 cm³/mol. The van der Waals surface area contributed by atoms with Gasteiger partial charge in [-0.25, -0.2) is 0 Å². The third-order valence-electron chi connectivity index (χ3n) is 6.08. The molecule has 0 aliphatic carbocycles. The van der Waals surface area contributed by atoms with Crippen LogP contribution in [0, 0.1) is 13.8 Å². The van der Waals surface area contributed by atoms with Gasteiger partial charge >= 0.3 is 0 Å². The van der Waals surface area contributed by atoms with Gasteiger partial charge in [0, 0.05) is 0 Å². The molecule has 0 radical (unpaired) electrons. The minimum absolute atomic E-state index is 0.0306. The van der Waals surface area contributed by atoms with E-state index in [2.05, 4.69) is 32.0 Å². The third-order valence-corrected chi connectivity index (χ3v) is 6.08. The smallest absolute Gasteiger partial charge is 0.123 e. The van der Waals surface area contributed by atoms with Gasteiger partial charge in [-0.05, 0) is 71.7 Å². The standard InChI is InChI=1S/C27H32O3/c1-5-27(29,6-2)23-13-14-24(19(3)15-23)25-11-8-12-26(20(25)4)30-18-22-10-7-9-21(16-22)17-28/h7-16,28-29H,5-6,17-18H2,1-4H3. The van der Waals surface area contributed by atoms with Crippen LogP contribution < -0.4 is 4.74 Å². The van der Waals surface area contributed by atoms with Crippen LogP contribution in [0.2, 0.25) is 0 Å². The van der Waals surface area contributed by atoms with Gasteiger partial charge in [0.05, 0.1) is 12.2 Å². The monoisotopic (exact) mass is 404 g/mol. The van der Waals surface area contributed by atoms with Crippen molar-refractivity contribution in [2.45, 2.75) is 59.4 Å². The number of aliphatic hydroxyl groups is 2. The second-order valence-electron chi connectivity index (χ2n) is 7.96. The lowest BCUT2D eigenvalue weighted by Crippen LogP contribution is -2.23. The molecule has 0 saturated carbocycles. The molecule has 3 heteroatoms. The van der Waals surface area contributed by atoms with Gasteiger partial charge < -0.3 is 14.9 Å². The zero-order valence-corrected chi connectivity index (χ0v) is 18.4. The van der Waals surface area contributed by atoms with E-state index < -0.39 is 5.60 Å². The fourth-order valence-electron chi connectivity index (χ4n) is 3.96. The van der Waals surface area contributed by atoms with Crippen molar-refractivity contribution in [3.63, 3.8) is 0 Å². The summed E-state index contributed by atoms with van der Waals surface area (Å²) in [5.74, 6) is 0.851. The largest absolute Gasteiger partial charge is 0.489 e. The highest BCUT2D eigenvalue weighted by molar-refractivity contribution is 5.73. The number of hydrogen-bond donors (Lipinski definition) is 2. The molecule has 0 atom stereocenters. The van der Waals surface area contributed by atoms with Gasteiger partial charge in [0.15, 0.2) is 0 Å². The summed E-state index contributed by atoms with van der Waals surface area (Å²) in [6.45, 7) is 8.70. The van der Waals surface area contributed by atoms with E-state index in [0.717, 1.165) is 44.7 Å². The molecule has 158 valence electrons. The van der Waals surface area contributed by atoms with E-state index in [9.17, 15) is 10.2 Å². The topological polar surface area (TPSA) is 49.7 Å². The number of aliphatic hydroxyl groups excluding tert-OH is 1. The maximum Gasteiger partial charge on any atom is 0.123 e. The Kier molecular flexibility index (Phi) is 6.96. The number of ether oxygens (including phenoxy) is 1. The Morgan fingerprint density at radius 3 is 2.20 bits per heavy atom. The summed E-state index contributed by atoms with van der Waals surface area (Å²) in [4.78, 5) is 0. The first-order valence-corrected chi connectivity index (χ1v) is 10.7. The molecule has 3 rings (SSSR count). The van der Waals surface area contributed by atoms with Gasteiger partial charge in [0.25, 0.3) is 0 Å². The van der Waals surface area contributed by atoms with E-state index in [1.54, 1.807) is 0 Å². The maximum atomic E-state index is 10.9. The molecule has 0 aliphatic rings. The fourth-order valence-corrected chi connectivity index (χ4v) is 3.96. The lowest BCUT2D eigenvalue weighted by atomic mass is 9.85. The molecule has 3 nitrogen and oxygen atoms in total. The molecule has 3 aromatic rings. The third kappa shape index (κ3) is 4.58. The molecule has 0 unspecified atom stereocenters. The molecule has 0 bridgehead atoms. The highest BCUT2D eigenvalue weighted by Gasteiger charge is 2.25. The molecular formula is C27H32O3. The Labute approximate surface area is 180 Å². The molecule has 0 aliphatic heterocycles. The number of hydrogen-bond acceptors (Lipinski definition) is 3. The SMILES string of the molecule is CCC(O)(CC)c1ccc(-c2cccc(OCc3cccc(CO)c3)c2C)c(C)c1. The Hall–Kier alpha value is -2.62. The highest BCUT2D eigenvalue weighted by Crippen LogP contribution is 2.36. The summed E-state index contributed by atoms with van der Waals surface area (Å²) >= 11 is 0. The van der Waals surface area contributed by atoms with Crippen molar-refractivity contribution in [2.75, 3.05) is 0 Å². The summed E-state index contributed by atoms with van der Waals surface area (Å²) < 4.78 is 6.12. The Morgan fingerprint density at radius 1 is 0.833 bits per heavy atom. The molecule has 2 N–H and O–H groups in total. The lowest BCUT2D eigenvalue weighted by Gasteiger charge is -2.27. The molecule has 0 fully saturated rings. The molecule has 0 saturated heterocycles. The van der Waals surface area contributed by atoms with Gasteiger partial charge in [-0.1, -0.05) is 68.4 Å². The Morgan fingerprint density at radius 2 is 1.53 bits per heavy atom. The van der Waals surface area contributed by atoms with Crippen molar-refractivity contribution >= 4 is 0 Å². The van der Waals surface area contributed by atoms with Crippen LogP contribution in [0.25, 0.3) is 11.1 Å². The average molecular weight is 405 g/mol. The zero-order chi connectivity index (χ0) is 21.7. The second kappa shape index (κ2) is 9.46. The predicted octanol–water partition coefficient (Wildman–Crippen LogP) is 6.05. The van der Waals surface area contributed by atoms with Crippen LogP contribution in [0.1, 0.15) is 54.5 Å². The molecular weight excluding hydrogens is 372 g/mol. The summed E-state index contributed by atoms with van der Waals surface area (Å²) in [5, 5.41) is 20.2. The first-order valence-electron chi connectivity index (χ1n) is 10.7. The molecule has 30 heavy (non-hydrogen) atoms. The first-order chi connectivity index (χ1) is 14.4. The Bertz CT molecular complexity index is 1000. The minimum Gasteiger partial charge on any atom is -0.489 e. The normalized spacial score (nSPS) is 11.5. The van der Waals surface area contributed by atoms with Gasteiger partial charge in [-0.15, -0.1) is 0 Å². The molecule has 0 amide bonds.